The summed E-state index contributed by atoms with van der Waals surface area (Å²) in [6.45, 7) is 5.65. The third-order valence-corrected chi connectivity index (χ3v) is 2.47. The topological polar surface area (TPSA) is 75.6 Å². The largest absolute Gasteiger partial charge is 0.479 e. The predicted octanol–water partition coefficient (Wildman–Crippen LogP) is 0.392. The Kier molecular flexibility index (Phi) is 3.04. The number of amides is 1. The normalized spacial score (nSPS) is 26.3. The highest BCUT2D eigenvalue weighted by molar-refractivity contribution is 5.89. The van der Waals surface area contributed by atoms with Gasteiger partial charge < -0.3 is 15.2 Å². The molecule has 5 nitrogen and oxygen atoms in total. The first-order valence-electron chi connectivity index (χ1n) is 4.92. The van der Waals surface area contributed by atoms with E-state index in [4.69, 9.17) is 9.84 Å². The Bertz CT molecular complexity index is 274. The first-order chi connectivity index (χ1) is 6.78. The molecular formula is C10H17NO4. The number of carboxylic acid groups (broad SMARTS) is 1. The van der Waals surface area contributed by atoms with Crippen LogP contribution < -0.4 is 5.32 Å². The minimum Gasteiger partial charge on any atom is -0.479 e. The molecule has 1 fully saturated rings. The molecule has 0 aromatic rings. The minimum atomic E-state index is -1.23. The van der Waals surface area contributed by atoms with Gasteiger partial charge in [-0.2, -0.15) is 0 Å². The van der Waals surface area contributed by atoms with Crippen LogP contribution in [0.3, 0.4) is 0 Å². The summed E-state index contributed by atoms with van der Waals surface area (Å²) in [6.07, 6.45) is 0.324. The van der Waals surface area contributed by atoms with Crippen LogP contribution in [-0.4, -0.2) is 35.7 Å². The molecular weight excluding hydrogens is 198 g/mol. The van der Waals surface area contributed by atoms with Gasteiger partial charge >= 0.3 is 5.97 Å². The van der Waals surface area contributed by atoms with Gasteiger partial charge in [0.1, 0.15) is 0 Å². The van der Waals surface area contributed by atoms with Crippen LogP contribution in [0.4, 0.5) is 0 Å². The van der Waals surface area contributed by atoms with E-state index >= 15 is 0 Å². The van der Waals surface area contributed by atoms with Crippen molar-refractivity contribution in [3.8, 4) is 0 Å². The number of ether oxygens (including phenoxy) is 1. The second-order valence-corrected chi connectivity index (χ2v) is 4.89. The molecule has 0 saturated carbocycles. The van der Waals surface area contributed by atoms with Crippen LogP contribution in [0.25, 0.3) is 0 Å². The van der Waals surface area contributed by atoms with Crippen LogP contribution in [0.1, 0.15) is 27.2 Å². The van der Waals surface area contributed by atoms with Gasteiger partial charge in [0.15, 0.2) is 5.54 Å². The van der Waals surface area contributed by atoms with Gasteiger partial charge in [0, 0.05) is 18.4 Å². The van der Waals surface area contributed by atoms with E-state index in [0.717, 1.165) is 0 Å². The molecule has 0 spiro atoms. The number of carbonyl (C=O) groups excluding carboxylic acids is 1. The van der Waals surface area contributed by atoms with Crippen molar-refractivity contribution >= 4 is 11.9 Å². The van der Waals surface area contributed by atoms with Crippen LogP contribution in [0, 0.1) is 5.41 Å². The maximum atomic E-state index is 11.7. The summed E-state index contributed by atoms with van der Waals surface area (Å²) in [5.74, 6) is -1.30. The number of nitrogens with one attached hydrogen (secondary N) is 1. The molecule has 1 atom stereocenters. The lowest BCUT2D eigenvalue weighted by Crippen LogP contribution is -2.57. The summed E-state index contributed by atoms with van der Waals surface area (Å²) in [7, 11) is 0. The van der Waals surface area contributed by atoms with Crippen LogP contribution in [0.2, 0.25) is 0 Å². The second-order valence-electron chi connectivity index (χ2n) is 4.89. The summed E-state index contributed by atoms with van der Waals surface area (Å²) in [5.41, 5.74) is -1.82. The maximum absolute atomic E-state index is 11.7. The fourth-order valence-corrected chi connectivity index (χ4v) is 1.29. The van der Waals surface area contributed by atoms with Gasteiger partial charge in [-0.15, -0.1) is 0 Å². The van der Waals surface area contributed by atoms with Crippen LogP contribution in [0.5, 0.6) is 0 Å². The summed E-state index contributed by atoms with van der Waals surface area (Å²) in [6, 6.07) is 0. The summed E-state index contributed by atoms with van der Waals surface area (Å²) < 4.78 is 5.04. The number of rotatable bonds is 2. The Balaban J connectivity index is 2.77. The average molecular weight is 215 g/mol. The van der Waals surface area contributed by atoms with Crippen molar-refractivity contribution in [2.75, 3.05) is 13.2 Å². The molecule has 1 amide bonds. The smallest absolute Gasteiger partial charge is 0.331 e. The molecule has 1 unspecified atom stereocenters. The Morgan fingerprint density at radius 1 is 1.40 bits per heavy atom. The summed E-state index contributed by atoms with van der Waals surface area (Å²) in [4.78, 5) is 22.8. The van der Waals surface area contributed by atoms with E-state index in [1.54, 1.807) is 20.8 Å². The van der Waals surface area contributed by atoms with Crippen molar-refractivity contribution in [2.45, 2.75) is 32.7 Å². The summed E-state index contributed by atoms with van der Waals surface area (Å²) in [5, 5.41) is 11.7. The Hall–Kier alpha value is -1.10. The van der Waals surface area contributed by atoms with Gasteiger partial charge in [0.2, 0.25) is 5.91 Å². The Labute approximate surface area is 88.8 Å². The highest BCUT2D eigenvalue weighted by Crippen LogP contribution is 2.22. The molecule has 2 N–H and O–H groups in total. The van der Waals surface area contributed by atoms with Crippen molar-refractivity contribution in [1.82, 2.24) is 5.32 Å². The lowest BCUT2D eigenvalue weighted by Gasteiger charge is -2.28. The van der Waals surface area contributed by atoms with Gasteiger partial charge in [-0.25, -0.2) is 4.79 Å². The third kappa shape index (κ3) is 2.47. The number of carbonyl (C=O) groups is 2. The minimum absolute atomic E-state index is 0.0458. The van der Waals surface area contributed by atoms with E-state index in [1.165, 1.54) is 0 Å². The molecule has 1 saturated heterocycles. The number of hydrogen-bond acceptors (Lipinski definition) is 3. The SMILES string of the molecule is CC(C)(C)C(=O)NC1(C(=O)O)CCOC1. The standard InChI is InChI=1S/C10H17NO4/c1-9(2,3)7(12)11-10(8(13)14)4-5-15-6-10/h4-6H2,1-3H3,(H,11,12)(H,13,14). The quantitative estimate of drug-likeness (QED) is 0.698. The molecule has 1 aliphatic rings. The zero-order valence-corrected chi connectivity index (χ0v) is 9.29. The lowest BCUT2D eigenvalue weighted by molar-refractivity contribution is -0.149. The van der Waals surface area contributed by atoms with Crippen molar-refractivity contribution in [3.05, 3.63) is 0 Å². The van der Waals surface area contributed by atoms with E-state index in [2.05, 4.69) is 5.32 Å². The van der Waals surface area contributed by atoms with Gasteiger partial charge in [-0.05, 0) is 0 Å². The monoisotopic (exact) mass is 215 g/mol. The van der Waals surface area contributed by atoms with Crippen molar-refractivity contribution in [3.63, 3.8) is 0 Å². The first kappa shape index (κ1) is 12.0. The highest BCUT2D eigenvalue weighted by Gasteiger charge is 2.45. The summed E-state index contributed by atoms with van der Waals surface area (Å²) >= 11 is 0. The third-order valence-electron chi connectivity index (χ3n) is 2.47. The number of hydrogen-bond donors (Lipinski definition) is 2. The van der Waals surface area contributed by atoms with E-state index in [0.29, 0.717) is 13.0 Å². The van der Waals surface area contributed by atoms with Gasteiger partial charge in [-0.3, -0.25) is 4.79 Å². The van der Waals surface area contributed by atoms with Crippen molar-refractivity contribution in [1.29, 1.82) is 0 Å². The number of carboxylic acids is 1. The number of aliphatic carboxylic acids is 1. The van der Waals surface area contributed by atoms with Gasteiger partial charge in [0.05, 0.1) is 6.61 Å². The molecule has 0 aromatic heterocycles. The average Bonchev–Trinajstić information content (AvgIpc) is 2.52. The Morgan fingerprint density at radius 3 is 2.33 bits per heavy atom. The molecule has 1 aliphatic heterocycles. The molecule has 5 heteroatoms. The zero-order valence-electron chi connectivity index (χ0n) is 9.29. The van der Waals surface area contributed by atoms with E-state index in [9.17, 15) is 9.59 Å². The highest BCUT2D eigenvalue weighted by atomic mass is 16.5. The molecule has 15 heavy (non-hydrogen) atoms. The lowest BCUT2D eigenvalue weighted by atomic mass is 9.91. The van der Waals surface area contributed by atoms with Crippen molar-refractivity contribution < 1.29 is 19.4 Å². The molecule has 0 bridgehead atoms. The fourth-order valence-electron chi connectivity index (χ4n) is 1.29. The molecule has 0 aliphatic carbocycles. The van der Waals surface area contributed by atoms with Crippen LogP contribution in [0.15, 0.2) is 0 Å². The first-order valence-corrected chi connectivity index (χ1v) is 4.92. The molecule has 86 valence electrons. The second kappa shape index (κ2) is 3.81. The van der Waals surface area contributed by atoms with Crippen LogP contribution >= 0.6 is 0 Å². The van der Waals surface area contributed by atoms with Gasteiger partial charge in [-0.1, -0.05) is 20.8 Å². The molecule has 0 aromatic carbocycles. The van der Waals surface area contributed by atoms with E-state index in [1.807, 2.05) is 0 Å². The maximum Gasteiger partial charge on any atom is 0.331 e. The van der Waals surface area contributed by atoms with E-state index in [-0.39, 0.29) is 12.5 Å². The molecule has 1 heterocycles. The fraction of sp³-hybridized carbons (Fsp3) is 0.800. The van der Waals surface area contributed by atoms with E-state index < -0.39 is 16.9 Å². The predicted molar refractivity (Wildman–Crippen MR) is 53.4 cm³/mol. The Morgan fingerprint density at radius 2 is 2.00 bits per heavy atom. The molecule has 0 radical (unpaired) electrons. The zero-order chi connectivity index (χ0) is 11.7. The molecule has 1 rings (SSSR count). The van der Waals surface area contributed by atoms with Crippen molar-refractivity contribution in [2.24, 2.45) is 5.41 Å². The van der Waals surface area contributed by atoms with Crippen LogP contribution in [-0.2, 0) is 14.3 Å². The van der Waals surface area contributed by atoms with Gasteiger partial charge in [0.25, 0.3) is 0 Å².